The van der Waals surface area contributed by atoms with Gasteiger partial charge in [0.05, 0.1) is 12.1 Å². The number of ether oxygens (including phenoxy) is 1. The topological polar surface area (TPSA) is 51.5 Å². The third kappa shape index (κ3) is 5.26. The predicted molar refractivity (Wildman–Crippen MR) is 120 cm³/mol. The molecule has 4 nitrogen and oxygen atoms in total. The van der Waals surface area contributed by atoms with Gasteiger partial charge < -0.3 is 14.4 Å². The van der Waals surface area contributed by atoms with Gasteiger partial charge in [-0.2, -0.15) is 13.2 Å². The molecule has 1 heterocycles. The number of fused-ring (bicyclic) bond motifs is 1. The molecule has 1 N–H and O–H groups in total. The van der Waals surface area contributed by atoms with Gasteiger partial charge in [0.15, 0.2) is 0 Å². The van der Waals surface area contributed by atoms with Gasteiger partial charge >= 0.3 is 12.1 Å². The number of hydrogen-bond donors (Lipinski definition) is 1. The van der Waals surface area contributed by atoms with Crippen LogP contribution in [0.25, 0.3) is 17.0 Å². The van der Waals surface area contributed by atoms with Crippen LogP contribution in [0.4, 0.5) is 13.2 Å². The lowest BCUT2D eigenvalue weighted by atomic mass is 10.1. The van der Waals surface area contributed by atoms with Crippen LogP contribution >= 0.6 is 0 Å². The van der Waals surface area contributed by atoms with Crippen LogP contribution < -0.4 is 4.74 Å². The summed E-state index contributed by atoms with van der Waals surface area (Å²) in [5.74, 6) is -0.689. The minimum absolute atomic E-state index is 0.156. The van der Waals surface area contributed by atoms with Gasteiger partial charge in [-0.15, -0.1) is 0 Å². The monoisotopic (exact) mass is 451 g/mol. The molecule has 0 saturated heterocycles. The van der Waals surface area contributed by atoms with E-state index in [2.05, 4.69) is 0 Å². The van der Waals surface area contributed by atoms with E-state index in [-0.39, 0.29) is 13.2 Å². The number of carbonyl (C=O) groups is 1. The molecule has 3 aromatic carbocycles. The minimum Gasteiger partial charge on any atom is -0.489 e. The van der Waals surface area contributed by atoms with Crippen molar-refractivity contribution in [1.82, 2.24) is 4.57 Å². The van der Waals surface area contributed by atoms with Crippen LogP contribution in [0, 0.1) is 0 Å². The molecule has 0 aliphatic carbocycles. The van der Waals surface area contributed by atoms with Crippen LogP contribution in [0.15, 0.2) is 85.1 Å². The zero-order valence-corrected chi connectivity index (χ0v) is 17.4. The van der Waals surface area contributed by atoms with E-state index in [1.165, 1.54) is 12.1 Å². The first-order valence-electron chi connectivity index (χ1n) is 10.2. The lowest BCUT2D eigenvalue weighted by molar-refractivity contribution is -0.137. The summed E-state index contributed by atoms with van der Waals surface area (Å²) in [6.45, 7) is 0.388. The minimum atomic E-state index is -4.47. The molecule has 0 amide bonds. The Bertz CT molecular complexity index is 1310. The van der Waals surface area contributed by atoms with E-state index in [4.69, 9.17) is 9.84 Å². The largest absolute Gasteiger partial charge is 0.489 e. The van der Waals surface area contributed by atoms with Crippen LogP contribution in [0.3, 0.4) is 0 Å². The molecule has 0 radical (unpaired) electrons. The second-order valence-corrected chi connectivity index (χ2v) is 7.49. The van der Waals surface area contributed by atoms with Gasteiger partial charge in [0.2, 0.25) is 0 Å². The van der Waals surface area contributed by atoms with Crippen LogP contribution in [-0.2, 0) is 24.1 Å². The van der Waals surface area contributed by atoms with Gasteiger partial charge in [-0.05, 0) is 47.5 Å². The summed E-state index contributed by atoms with van der Waals surface area (Å²) in [5.41, 5.74) is 2.03. The van der Waals surface area contributed by atoms with Crippen molar-refractivity contribution in [2.75, 3.05) is 0 Å². The SMILES string of the molecule is O=C(O)C=Cc1cccc2c1ccn2Cc1cc(C(F)(F)F)ccc1OCc1ccccc1. The summed E-state index contributed by atoms with van der Waals surface area (Å²) in [7, 11) is 0. The molecule has 4 aromatic rings. The Morgan fingerprint density at radius 3 is 2.52 bits per heavy atom. The summed E-state index contributed by atoms with van der Waals surface area (Å²) in [6, 6.07) is 20.1. The summed E-state index contributed by atoms with van der Waals surface area (Å²) in [4.78, 5) is 10.9. The van der Waals surface area contributed by atoms with E-state index < -0.39 is 17.7 Å². The van der Waals surface area contributed by atoms with Crippen LogP contribution in [0.5, 0.6) is 5.75 Å². The van der Waals surface area contributed by atoms with Crippen molar-refractivity contribution in [3.05, 3.63) is 107 Å². The lowest BCUT2D eigenvalue weighted by Gasteiger charge is -2.16. The van der Waals surface area contributed by atoms with Crippen molar-refractivity contribution in [3.8, 4) is 5.75 Å². The van der Waals surface area contributed by atoms with E-state index in [1.54, 1.807) is 18.3 Å². The number of halogens is 3. The summed E-state index contributed by atoms with van der Waals surface area (Å²) in [5, 5.41) is 9.70. The molecule has 0 fully saturated rings. The number of nitrogens with zero attached hydrogens (tertiary/aromatic N) is 1. The molecule has 0 spiro atoms. The Balaban J connectivity index is 1.69. The first-order chi connectivity index (χ1) is 15.8. The number of hydrogen-bond acceptors (Lipinski definition) is 2. The molecule has 0 saturated carbocycles. The molecule has 0 aliphatic rings. The highest BCUT2D eigenvalue weighted by atomic mass is 19.4. The fraction of sp³-hybridized carbons (Fsp3) is 0.115. The number of carboxylic acid groups (broad SMARTS) is 1. The highest BCUT2D eigenvalue weighted by molar-refractivity contribution is 5.93. The second kappa shape index (κ2) is 9.24. The number of alkyl halides is 3. The van der Waals surface area contributed by atoms with E-state index >= 15 is 0 Å². The van der Waals surface area contributed by atoms with Crippen molar-refractivity contribution in [1.29, 1.82) is 0 Å². The number of rotatable bonds is 7. The van der Waals surface area contributed by atoms with Crippen LogP contribution in [0.2, 0.25) is 0 Å². The van der Waals surface area contributed by atoms with Crippen LogP contribution in [-0.4, -0.2) is 15.6 Å². The highest BCUT2D eigenvalue weighted by Crippen LogP contribution is 2.34. The van der Waals surface area contributed by atoms with E-state index in [0.29, 0.717) is 16.9 Å². The zero-order chi connectivity index (χ0) is 23.4. The average Bonchev–Trinajstić information content (AvgIpc) is 3.20. The molecule has 0 unspecified atom stereocenters. The summed E-state index contributed by atoms with van der Waals surface area (Å²) >= 11 is 0. The van der Waals surface area contributed by atoms with Crippen molar-refractivity contribution < 1.29 is 27.8 Å². The highest BCUT2D eigenvalue weighted by Gasteiger charge is 2.31. The maximum absolute atomic E-state index is 13.4. The molecule has 0 atom stereocenters. The first kappa shape index (κ1) is 22.2. The predicted octanol–water partition coefficient (Wildman–Crippen LogP) is 6.39. The molecule has 4 rings (SSSR count). The third-order valence-corrected chi connectivity index (χ3v) is 5.22. The van der Waals surface area contributed by atoms with Gasteiger partial charge in [0.25, 0.3) is 0 Å². The Morgan fingerprint density at radius 2 is 1.79 bits per heavy atom. The second-order valence-electron chi connectivity index (χ2n) is 7.49. The van der Waals surface area contributed by atoms with Gasteiger partial charge in [-0.25, -0.2) is 4.79 Å². The van der Waals surface area contributed by atoms with Crippen molar-refractivity contribution in [2.45, 2.75) is 19.3 Å². The quantitative estimate of drug-likeness (QED) is 0.332. The normalized spacial score (nSPS) is 11.8. The molecule has 33 heavy (non-hydrogen) atoms. The maximum Gasteiger partial charge on any atom is 0.416 e. The van der Waals surface area contributed by atoms with E-state index in [0.717, 1.165) is 34.7 Å². The number of aromatic nitrogens is 1. The van der Waals surface area contributed by atoms with Gasteiger partial charge in [0.1, 0.15) is 12.4 Å². The third-order valence-electron chi connectivity index (χ3n) is 5.22. The van der Waals surface area contributed by atoms with Crippen molar-refractivity contribution in [3.63, 3.8) is 0 Å². The summed E-state index contributed by atoms with van der Waals surface area (Å²) in [6.07, 6.45) is -0.160. The van der Waals surface area contributed by atoms with Crippen molar-refractivity contribution in [2.24, 2.45) is 0 Å². The lowest BCUT2D eigenvalue weighted by Crippen LogP contribution is -2.09. The molecule has 168 valence electrons. The smallest absolute Gasteiger partial charge is 0.416 e. The molecule has 7 heteroatoms. The van der Waals surface area contributed by atoms with Crippen molar-refractivity contribution >= 4 is 22.9 Å². The molecule has 0 aliphatic heterocycles. The Labute approximate surface area is 188 Å². The Hall–Kier alpha value is -4.00. The van der Waals surface area contributed by atoms with Crippen LogP contribution in [0.1, 0.15) is 22.3 Å². The number of carboxylic acids is 1. The van der Waals surface area contributed by atoms with E-state index in [9.17, 15) is 18.0 Å². The molecule has 1 aromatic heterocycles. The fourth-order valence-corrected chi connectivity index (χ4v) is 3.63. The van der Waals surface area contributed by atoms with Gasteiger partial charge in [-0.3, -0.25) is 0 Å². The standard InChI is InChI=1S/C26H20F3NO3/c27-26(28,29)21-10-11-24(33-17-18-5-2-1-3-6-18)20(15-21)16-30-14-13-22-19(9-12-25(31)32)7-4-8-23(22)30/h1-15H,16-17H2,(H,31,32). The Kier molecular flexibility index (Phi) is 6.22. The summed E-state index contributed by atoms with van der Waals surface area (Å²) < 4.78 is 47.8. The maximum atomic E-state index is 13.4. The number of aliphatic carboxylic acids is 1. The number of benzene rings is 3. The zero-order valence-electron chi connectivity index (χ0n) is 17.4. The molecular weight excluding hydrogens is 431 g/mol. The fourth-order valence-electron chi connectivity index (χ4n) is 3.63. The van der Waals surface area contributed by atoms with E-state index in [1.807, 2.05) is 47.0 Å². The van der Waals surface area contributed by atoms with Gasteiger partial charge in [0, 0.05) is 28.7 Å². The van der Waals surface area contributed by atoms with Gasteiger partial charge in [-0.1, -0.05) is 42.5 Å². The molecular formula is C26H20F3NO3. The Morgan fingerprint density at radius 1 is 1.00 bits per heavy atom. The first-order valence-corrected chi connectivity index (χ1v) is 10.2. The average molecular weight is 451 g/mol. The molecule has 0 bridgehead atoms.